The van der Waals surface area contributed by atoms with E-state index in [1.165, 1.54) is 6.42 Å². The third-order valence-corrected chi connectivity index (χ3v) is 4.90. The number of rotatable bonds is 10. The molecule has 1 aromatic heterocycles. The lowest BCUT2D eigenvalue weighted by Crippen LogP contribution is -2.43. The number of aliphatic hydroxyl groups is 1. The average molecular weight is 385 g/mol. The van der Waals surface area contributed by atoms with Crippen LogP contribution in [0, 0.1) is 0 Å². The second-order valence-corrected chi connectivity index (χ2v) is 6.93. The highest BCUT2D eigenvalue weighted by Crippen LogP contribution is 2.26. The summed E-state index contributed by atoms with van der Waals surface area (Å²) in [5.41, 5.74) is 8.57. The molecule has 0 amide bonds. The van der Waals surface area contributed by atoms with Crippen molar-refractivity contribution in [1.82, 2.24) is 4.57 Å². The molecule has 3 aromatic rings. The number of nitrogens with zero attached hydrogens (tertiary/aromatic N) is 2. The van der Waals surface area contributed by atoms with E-state index in [2.05, 4.69) is 17.6 Å². The number of methoxy groups -OCH3 is 1. The minimum Gasteiger partial charge on any atom is -0.493 e. The molecular weight excluding hydrogens is 354 g/mol. The Balaban J connectivity index is 1.75. The smallest absolute Gasteiger partial charge is 0.356 e. The molecule has 0 spiro atoms. The van der Waals surface area contributed by atoms with Crippen molar-refractivity contribution in [3.05, 3.63) is 48.5 Å². The first kappa shape index (κ1) is 20.0. The van der Waals surface area contributed by atoms with Crippen molar-refractivity contribution in [3.63, 3.8) is 0 Å². The first-order valence-electron chi connectivity index (χ1n) is 9.86. The first-order valence-corrected chi connectivity index (χ1v) is 9.86. The maximum atomic E-state index is 10.6. The SMILES string of the molecule is CCCCCn1c(N)[n+](C[C@H](O)COc2ccccc2OC)c2ccccc21. The lowest BCUT2D eigenvalue weighted by molar-refractivity contribution is -0.665. The summed E-state index contributed by atoms with van der Waals surface area (Å²) in [4.78, 5) is 0. The Bertz CT molecular complexity index is 907. The number of unbranched alkanes of at least 4 members (excludes halogenated alkanes) is 2. The van der Waals surface area contributed by atoms with Crippen molar-refractivity contribution in [2.75, 3.05) is 19.5 Å². The van der Waals surface area contributed by atoms with Crippen LogP contribution in [0.4, 0.5) is 5.95 Å². The first-order chi connectivity index (χ1) is 13.7. The van der Waals surface area contributed by atoms with Gasteiger partial charge >= 0.3 is 5.95 Å². The summed E-state index contributed by atoms with van der Waals surface area (Å²) in [5.74, 6) is 1.92. The molecule has 0 aliphatic rings. The van der Waals surface area contributed by atoms with E-state index in [9.17, 15) is 5.11 Å². The van der Waals surface area contributed by atoms with Gasteiger partial charge in [-0.2, -0.15) is 0 Å². The molecule has 3 N–H and O–H groups in total. The Morgan fingerprint density at radius 1 is 1.07 bits per heavy atom. The number of ether oxygens (including phenoxy) is 2. The zero-order valence-corrected chi connectivity index (χ0v) is 16.7. The van der Waals surface area contributed by atoms with Crippen LogP contribution in [0.15, 0.2) is 48.5 Å². The van der Waals surface area contributed by atoms with Crippen LogP contribution in [-0.4, -0.2) is 29.5 Å². The van der Waals surface area contributed by atoms with E-state index in [0.29, 0.717) is 24.0 Å². The number of fused-ring (bicyclic) bond motifs is 1. The summed E-state index contributed by atoms with van der Waals surface area (Å²) in [6.45, 7) is 3.58. The normalized spacial score (nSPS) is 12.2. The molecule has 6 nitrogen and oxygen atoms in total. The second kappa shape index (κ2) is 9.46. The standard InChI is InChI=1S/C22H29N3O3/c1-3-4-9-14-24-18-10-5-6-11-19(18)25(22(24)23)15-17(26)16-28-21-13-8-7-12-20(21)27-2/h5-8,10-13,17,23,26H,3-4,9,14-16H2,1-2H3/p+1/t17-/m0/s1. The van der Waals surface area contributed by atoms with E-state index in [1.807, 2.05) is 47.0 Å². The van der Waals surface area contributed by atoms with Gasteiger partial charge in [0.1, 0.15) is 30.3 Å². The van der Waals surface area contributed by atoms with Crippen LogP contribution in [0.3, 0.4) is 0 Å². The molecular formula is C22H30N3O3+. The van der Waals surface area contributed by atoms with Crippen LogP contribution in [0.2, 0.25) is 0 Å². The predicted molar refractivity (Wildman–Crippen MR) is 111 cm³/mol. The van der Waals surface area contributed by atoms with Gasteiger partial charge in [0, 0.05) is 0 Å². The van der Waals surface area contributed by atoms with Crippen molar-refractivity contribution >= 4 is 17.0 Å². The molecule has 0 unspecified atom stereocenters. The summed E-state index contributed by atoms with van der Waals surface area (Å²) < 4.78 is 15.2. The average Bonchev–Trinajstić information content (AvgIpc) is 2.98. The number of nitrogen functional groups attached to an aromatic ring is 1. The predicted octanol–water partition coefficient (Wildman–Crippen LogP) is 3.15. The Morgan fingerprint density at radius 2 is 1.79 bits per heavy atom. The van der Waals surface area contributed by atoms with E-state index in [-0.39, 0.29) is 6.61 Å². The van der Waals surface area contributed by atoms with Gasteiger partial charge in [0.2, 0.25) is 0 Å². The molecule has 0 aliphatic heterocycles. The number of para-hydroxylation sites is 4. The number of aliphatic hydroxyl groups excluding tert-OH is 1. The van der Waals surface area contributed by atoms with E-state index >= 15 is 0 Å². The molecule has 0 radical (unpaired) electrons. The third-order valence-electron chi connectivity index (χ3n) is 4.90. The molecule has 3 rings (SSSR count). The molecule has 150 valence electrons. The molecule has 1 atom stereocenters. The van der Waals surface area contributed by atoms with Gasteiger partial charge in [0.05, 0.1) is 13.7 Å². The molecule has 0 bridgehead atoms. The van der Waals surface area contributed by atoms with Crippen molar-refractivity contribution in [3.8, 4) is 11.5 Å². The summed E-state index contributed by atoms with van der Waals surface area (Å²) >= 11 is 0. The topological polar surface area (TPSA) is 73.5 Å². The Morgan fingerprint density at radius 3 is 2.54 bits per heavy atom. The van der Waals surface area contributed by atoms with Gasteiger partial charge in [-0.05, 0) is 30.7 Å². The number of aromatic nitrogens is 2. The minimum atomic E-state index is -0.702. The van der Waals surface area contributed by atoms with Gasteiger partial charge < -0.3 is 14.6 Å². The van der Waals surface area contributed by atoms with Gasteiger partial charge in [-0.3, -0.25) is 5.73 Å². The fraction of sp³-hybridized carbons (Fsp3) is 0.409. The summed E-state index contributed by atoms with van der Waals surface area (Å²) in [7, 11) is 1.60. The highest BCUT2D eigenvalue weighted by molar-refractivity contribution is 5.73. The fourth-order valence-electron chi connectivity index (χ4n) is 3.45. The third kappa shape index (κ3) is 4.39. The highest BCUT2D eigenvalue weighted by Gasteiger charge is 2.23. The summed E-state index contributed by atoms with van der Waals surface area (Å²) in [6, 6.07) is 15.5. The number of anilines is 1. The molecule has 0 saturated heterocycles. The lowest BCUT2D eigenvalue weighted by Gasteiger charge is -2.14. The summed E-state index contributed by atoms with van der Waals surface area (Å²) in [6.07, 6.45) is 2.71. The molecule has 1 heterocycles. The molecule has 6 heteroatoms. The highest BCUT2D eigenvalue weighted by atomic mass is 16.5. The van der Waals surface area contributed by atoms with Crippen molar-refractivity contribution in [2.24, 2.45) is 0 Å². The fourth-order valence-corrected chi connectivity index (χ4v) is 3.45. The number of benzene rings is 2. The quantitative estimate of drug-likeness (QED) is 0.416. The molecule has 28 heavy (non-hydrogen) atoms. The van der Waals surface area contributed by atoms with Crippen molar-refractivity contribution < 1.29 is 19.1 Å². The largest absolute Gasteiger partial charge is 0.493 e. The van der Waals surface area contributed by atoms with Crippen molar-refractivity contribution in [1.29, 1.82) is 0 Å². The van der Waals surface area contributed by atoms with E-state index in [0.717, 1.165) is 30.4 Å². The van der Waals surface area contributed by atoms with E-state index < -0.39 is 6.10 Å². The molecule has 0 saturated carbocycles. The van der Waals surface area contributed by atoms with Crippen LogP contribution in [0.1, 0.15) is 26.2 Å². The molecule has 2 aromatic carbocycles. The molecule has 0 fully saturated rings. The van der Waals surface area contributed by atoms with Crippen LogP contribution in [0.25, 0.3) is 11.0 Å². The van der Waals surface area contributed by atoms with E-state index in [1.54, 1.807) is 7.11 Å². The van der Waals surface area contributed by atoms with Gasteiger partial charge in [-0.15, -0.1) is 0 Å². The Hall–Kier alpha value is -2.73. The molecule has 0 aliphatic carbocycles. The van der Waals surface area contributed by atoms with E-state index in [4.69, 9.17) is 15.2 Å². The number of nitrogens with two attached hydrogens (primary N) is 1. The number of hydrogen-bond donors (Lipinski definition) is 2. The van der Waals surface area contributed by atoms with Crippen LogP contribution >= 0.6 is 0 Å². The Kier molecular flexibility index (Phi) is 6.76. The van der Waals surface area contributed by atoms with Gasteiger partial charge in [-0.1, -0.05) is 44.0 Å². The zero-order chi connectivity index (χ0) is 19.9. The number of aryl methyl sites for hydroxylation is 1. The van der Waals surface area contributed by atoms with Crippen LogP contribution in [0.5, 0.6) is 11.5 Å². The maximum absolute atomic E-state index is 10.6. The van der Waals surface area contributed by atoms with Gasteiger partial charge in [0.25, 0.3) is 0 Å². The number of imidazole rings is 1. The summed E-state index contributed by atoms with van der Waals surface area (Å²) in [5, 5.41) is 10.6. The van der Waals surface area contributed by atoms with Crippen LogP contribution in [-0.2, 0) is 13.1 Å². The van der Waals surface area contributed by atoms with Gasteiger partial charge in [-0.25, -0.2) is 9.13 Å². The van der Waals surface area contributed by atoms with Crippen LogP contribution < -0.4 is 19.8 Å². The van der Waals surface area contributed by atoms with Gasteiger partial charge in [0.15, 0.2) is 11.5 Å². The van der Waals surface area contributed by atoms with Crippen molar-refractivity contribution in [2.45, 2.75) is 45.4 Å². The Labute approximate surface area is 166 Å². The second-order valence-electron chi connectivity index (χ2n) is 6.93. The maximum Gasteiger partial charge on any atom is 0.356 e. The zero-order valence-electron chi connectivity index (χ0n) is 16.7. The number of hydrogen-bond acceptors (Lipinski definition) is 4. The minimum absolute atomic E-state index is 0.155. The monoisotopic (exact) mass is 384 g/mol. The lowest BCUT2D eigenvalue weighted by atomic mass is 10.2.